The largest absolute Gasteiger partial charge is 0.465 e. The normalized spacial score (nSPS) is 12.0. The quantitative estimate of drug-likeness (QED) is 0.237. The number of anilines is 1. The molecule has 0 saturated heterocycles. The first-order valence-electron chi connectivity index (χ1n) is 10.6. The molecule has 0 radical (unpaired) electrons. The van der Waals surface area contributed by atoms with Gasteiger partial charge in [0.1, 0.15) is 11.2 Å². The highest BCUT2D eigenvalue weighted by Crippen LogP contribution is 2.34. The maximum absolute atomic E-state index is 13.9. The maximum Gasteiger partial charge on any atom is 0.350 e. The standard InChI is InChI=1S/C26H27NO5S2/c1-26(2,3)21-12-13-23(20(18-21)11-10-19-8-6-5-7-9-19)34(30,31)27(15-16-28)22-14-17-33-24(22)25(29)32-4/h5-14,16-18H,15H2,1-4H3/b11-10+. The first-order chi connectivity index (χ1) is 16.1. The molecular weight excluding hydrogens is 470 g/mol. The van der Waals surface area contributed by atoms with Crippen LogP contribution in [0.15, 0.2) is 64.9 Å². The van der Waals surface area contributed by atoms with Gasteiger partial charge in [-0.3, -0.25) is 4.31 Å². The zero-order valence-electron chi connectivity index (χ0n) is 19.5. The van der Waals surface area contributed by atoms with E-state index < -0.39 is 22.5 Å². The van der Waals surface area contributed by atoms with Crippen LogP contribution in [-0.2, 0) is 25.0 Å². The molecule has 2 aromatic carbocycles. The summed E-state index contributed by atoms with van der Waals surface area (Å²) in [5.41, 5.74) is 2.28. The molecule has 1 heterocycles. The van der Waals surface area contributed by atoms with E-state index in [-0.39, 0.29) is 20.9 Å². The Bertz CT molecular complexity index is 1300. The lowest BCUT2D eigenvalue weighted by Gasteiger charge is -2.25. The molecule has 0 fully saturated rings. The molecule has 3 rings (SSSR count). The Morgan fingerprint density at radius 3 is 2.38 bits per heavy atom. The number of carbonyl (C=O) groups excluding carboxylic acids is 2. The van der Waals surface area contributed by atoms with Gasteiger partial charge < -0.3 is 9.53 Å². The van der Waals surface area contributed by atoms with Gasteiger partial charge in [0.05, 0.1) is 24.2 Å². The Hall–Kier alpha value is -3.23. The predicted octanol–water partition coefficient (Wildman–Crippen LogP) is 5.40. The molecule has 0 unspecified atom stereocenters. The van der Waals surface area contributed by atoms with E-state index in [2.05, 4.69) is 0 Å². The van der Waals surface area contributed by atoms with Crippen molar-refractivity contribution >= 4 is 51.5 Å². The molecule has 0 N–H and O–H groups in total. The van der Waals surface area contributed by atoms with Crippen LogP contribution >= 0.6 is 11.3 Å². The second-order valence-corrected chi connectivity index (χ2v) is 11.3. The first kappa shape index (κ1) is 25.4. The van der Waals surface area contributed by atoms with E-state index in [9.17, 15) is 18.0 Å². The average Bonchev–Trinajstić information content (AvgIpc) is 3.29. The summed E-state index contributed by atoms with van der Waals surface area (Å²) in [5.74, 6) is -0.664. The van der Waals surface area contributed by atoms with Gasteiger partial charge in [0.25, 0.3) is 10.0 Å². The van der Waals surface area contributed by atoms with E-state index >= 15 is 0 Å². The molecule has 178 valence electrons. The van der Waals surface area contributed by atoms with Gasteiger partial charge in [-0.05, 0) is 45.7 Å². The average molecular weight is 498 g/mol. The highest BCUT2D eigenvalue weighted by atomic mass is 32.2. The van der Waals surface area contributed by atoms with Crippen LogP contribution in [0.3, 0.4) is 0 Å². The number of hydrogen-bond donors (Lipinski definition) is 0. The van der Waals surface area contributed by atoms with Gasteiger partial charge in [-0.15, -0.1) is 11.3 Å². The number of ether oxygens (including phenoxy) is 1. The number of hydrogen-bond acceptors (Lipinski definition) is 6. The summed E-state index contributed by atoms with van der Waals surface area (Å²) in [6.07, 6.45) is 4.10. The van der Waals surface area contributed by atoms with Crippen molar-refractivity contribution in [3.05, 3.63) is 81.5 Å². The molecule has 8 heteroatoms. The second-order valence-electron chi connectivity index (χ2n) is 8.58. The SMILES string of the molecule is COC(=O)c1sccc1N(CC=O)S(=O)(=O)c1ccc(C(C)(C)C)cc1/C=C/c1ccccc1. The number of esters is 1. The Morgan fingerprint density at radius 1 is 1.06 bits per heavy atom. The summed E-state index contributed by atoms with van der Waals surface area (Å²) in [5, 5.41) is 1.59. The van der Waals surface area contributed by atoms with E-state index in [4.69, 9.17) is 4.74 Å². The molecule has 1 aromatic heterocycles. The Labute approximate surface area is 204 Å². The van der Waals surface area contributed by atoms with Crippen molar-refractivity contribution < 1.29 is 22.7 Å². The Kier molecular flexibility index (Phi) is 7.74. The Morgan fingerprint density at radius 2 is 1.76 bits per heavy atom. The lowest BCUT2D eigenvalue weighted by Crippen LogP contribution is -2.34. The zero-order valence-corrected chi connectivity index (χ0v) is 21.2. The number of sulfonamides is 1. The molecule has 0 bridgehead atoms. The summed E-state index contributed by atoms with van der Waals surface area (Å²) in [4.78, 5) is 23.9. The van der Waals surface area contributed by atoms with Crippen LogP contribution in [0.25, 0.3) is 12.2 Å². The van der Waals surface area contributed by atoms with Crippen LogP contribution in [0.2, 0.25) is 0 Å². The van der Waals surface area contributed by atoms with Crippen molar-refractivity contribution in [3.8, 4) is 0 Å². The van der Waals surface area contributed by atoms with Crippen LogP contribution in [0.1, 0.15) is 47.1 Å². The fraction of sp³-hybridized carbons (Fsp3) is 0.231. The van der Waals surface area contributed by atoms with Crippen LogP contribution in [0.4, 0.5) is 5.69 Å². The van der Waals surface area contributed by atoms with Crippen molar-refractivity contribution in [1.29, 1.82) is 0 Å². The lowest BCUT2D eigenvalue weighted by atomic mass is 9.86. The summed E-state index contributed by atoms with van der Waals surface area (Å²) in [6.45, 7) is 5.71. The number of thiophene rings is 1. The van der Waals surface area contributed by atoms with Crippen molar-refractivity contribution in [3.63, 3.8) is 0 Å². The summed E-state index contributed by atoms with van der Waals surface area (Å²) in [6, 6.07) is 16.2. The fourth-order valence-electron chi connectivity index (χ4n) is 3.39. The third kappa shape index (κ3) is 5.46. The summed E-state index contributed by atoms with van der Waals surface area (Å²) < 4.78 is 33.5. The molecule has 6 nitrogen and oxygen atoms in total. The van der Waals surface area contributed by atoms with Gasteiger partial charge in [-0.1, -0.05) is 69.3 Å². The number of aldehydes is 1. The first-order valence-corrected chi connectivity index (χ1v) is 12.9. The van der Waals surface area contributed by atoms with Crippen molar-refractivity contribution in [1.82, 2.24) is 0 Å². The van der Waals surface area contributed by atoms with Crippen LogP contribution in [0, 0.1) is 0 Å². The molecule has 34 heavy (non-hydrogen) atoms. The van der Waals surface area contributed by atoms with Crippen molar-refractivity contribution in [2.75, 3.05) is 18.0 Å². The van der Waals surface area contributed by atoms with E-state index in [0.717, 1.165) is 26.8 Å². The van der Waals surface area contributed by atoms with E-state index in [0.29, 0.717) is 11.8 Å². The molecule has 0 aliphatic rings. The highest BCUT2D eigenvalue weighted by Gasteiger charge is 2.31. The minimum atomic E-state index is -4.20. The van der Waals surface area contributed by atoms with Crippen molar-refractivity contribution in [2.24, 2.45) is 0 Å². The number of methoxy groups -OCH3 is 1. The van der Waals surface area contributed by atoms with Crippen LogP contribution < -0.4 is 4.31 Å². The monoisotopic (exact) mass is 497 g/mol. The van der Waals surface area contributed by atoms with Crippen molar-refractivity contribution in [2.45, 2.75) is 31.1 Å². The smallest absolute Gasteiger partial charge is 0.350 e. The second kappa shape index (κ2) is 10.4. The minimum Gasteiger partial charge on any atom is -0.465 e. The van der Waals surface area contributed by atoms with E-state index in [1.165, 1.54) is 13.2 Å². The molecular formula is C26H27NO5S2. The third-order valence-corrected chi connectivity index (χ3v) is 7.96. The number of nitrogens with zero attached hydrogens (tertiary/aromatic N) is 1. The lowest BCUT2D eigenvalue weighted by molar-refractivity contribution is -0.106. The van der Waals surface area contributed by atoms with Gasteiger partial charge in [-0.25, -0.2) is 13.2 Å². The fourth-order valence-corrected chi connectivity index (χ4v) is 5.83. The van der Waals surface area contributed by atoms with E-state index in [1.807, 2.05) is 63.2 Å². The van der Waals surface area contributed by atoms with Gasteiger partial charge in [0, 0.05) is 0 Å². The van der Waals surface area contributed by atoms with Crippen LogP contribution in [0.5, 0.6) is 0 Å². The molecule has 0 aliphatic carbocycles. The molecule has 3 aromatic rings. The molecule has 0 atom stereocenters. The number of rotatable bonds is 8. The van der Waals surface area contributed by atoms with Crippen LogP contribution in [-0.4, -0.2) is 34.3 Å². The molecule has 0 spiro atoms. The predicted molar refractivity (Wildman–Crippen MR) is 137 cm³/mol. The maximum atomic E-state index is 13.9. The van der Waals surface area contributed by atoms with Gasteiger partial charge in [-0.2, -0.15) is 0 Å². The Balaban J connectivity index is 2.19. The minimum absolute atomic E-state index is 0.0385. The van der Waals surface area contributed by atoms with Gasteiger partial charge in [0.2, 0.25) is 0 Å². The van der Waals surface area contributed by atoms with Gasteiger partial charge in [0.15, 0.2) is 0 Å². The topological polar surface area (TPSA) is 80.8 Å². The zero-order chi connectivity index (χ0) is 24.9. The summed E-state index contributed by atoms with van der Waals surface area (Å²) in [7, 11) is -2.97. The number of carbonyl (C=O) groups is 2. The molecule has 0 saturated carbocycles. The van der Waals surface area contributed by atoms with E-state index in [1.54, 1.807) is 23.6 Å². The molecule has 0 aliphatic heterocycles. The van der Waals surface area contributed by atoms with Gasteiger partial charge >= 0.3 is 5.97 Å². The molecule has 0 amide bonds. The summed E-state index contributed by atoms with van der Waals surface area (Å²) >= 11 is 1.05. The number of benzene rings is 2. The highest BCUT2D eigenvalue weighted by molar-refractivity contribution is 7.93. The third-order valence-electron chi connectivity index (χ3n) is 5.22.